The van der Waals surface area contributed by atoms with E-state index in [0.717, 1.165) is 0 Å². The van der Waals surface area contributed by atoms with Crippen LogP contribution in [-0.2, 0) is 15.7 Å². The maximum atomic E-state index is 12.6. The Morgan fingerprint density at radius 3 is 2.50 bits per heavy atom. The normalized spacial score (nSPS) is 12.5. The van der Waals surface area contributed by atoms with E-state index in [-0.39, 0.29) is 23.5 Å². The summed E-state index contributed by atoms with van der Waals surface area (Å²) in [5.74, 6) is -0.588. The predicted octanol–water partition coefficient (Wildman–Crippen LogP) is 3.94. The van der Waals surface area contributed by atoms with Gasteiger partial charge in [-0.3, -0.25) is 4.79 Å². The number of likely N-dealkylation sites (N-methyl/N-ethyl adjacent to an activating group) is 1. The molecule has 5 nitrogen and oxygen atoms in total. The second kappa shape index (κ2) is 8.37. The van der Waals surface area contributed by atoms with Crippen molar-refractivity contribution in [1.82, 2.24) is 9.88 Å². The molecule has 0 radical (unpaired) electrons. The van der Waals surface area contributed by atoms with E-state index in [2.05, 4.69) is 4.98 Å². The number of halogens is 4. The van der Waals surface area contributed by atoms with Gasteiger partial charge in [0, 0.05) is 20.4 Å². The Morgan fingerprint density at radius 2 is 1.96 bits per heavy atom. The van der Waals surface area contributed by atoms with Crippen LogP contribution < -0.4 is 4.74 Å². The van der Waals surface area contributed by atoms with Crippen LogP contribution in [-0.4, -0.2) is 36.7 Å². The lowest BCUT2D eigenvalue weighted by Gasteiger charge is -2.23. The molecular formula is C17H16ClF3N2O3. The quantitative estimate of drug-likeness (QED) is 0.703. The Bertz CT molecular complexity index is 757. The summed E-state index contributed by atoms with van der Waals surface area (Å²) in [5, 5.41) is -0.299. The van der Waals surface area contributed by atoms with Gasteiger partial charge in [0.2, 0.25) is 5.88 Å². The fraction of sp³-hybridized carbons (Fsp3) is 0.294. The van der Waals surface area contributed by atoms with Crippen LogP contribution in [0.25, 0.3) is 0 Å². The van der Waals surface area contributed by atoms with Crippen LogP contribution in [0.3, 0.4) is 0 Å². The minimum Gasteiger partial charge on any atom is -0.455 e. The molecule has 0 saturated heterocycles. The maximum Gasteiger partial charge on any atom is 0.417 e. The molecule has 1 aromatic heterocycles. The van der Waals surface area contributed by atoms with Crippen molar-refractivity contribution < 1.29 is 27.4 Å². The topological polar surface area (TPSA) is 51.7 Å². The van der Waals surface area contributed by atoms with E-state index in [4.69, 9.17) is 21.1 Å². The molecular weight excluding hydrogens is 373 g/mol. The van der Waals surface area contributed by atoms with E-state index < -0.39 is 17.8 Å². The average molecular weight is 389 g/mol. The first kappa shape index (κ1) is 20.0. The van der Waals surface area contributed by atoms with Gasteiger partial charge in [-0.05, 0) is 11.6 Å². The van der Waals surface area contributed by atoms with Crippen LogP contribution >= 0.6 is 11.6 Å². The number of carbonyl (C=O) groups excluding carboxylic acids is 1. The number of alkyl halides is 3. The van der Waals surface area contributed by atoms with Crippen molar-refractivity contribution in [3.8, 4) is 5.88 Å². The molecule has 9 heteroatoms. The number of benzene rings is 1. The van der Waals surface area contributed by atoms with E-state index in [0.29, 0.717) is 17.8 Å². The minimum atomic E-state index is -4.55. The van der Waals surface area contributed by atoms with Crippen LogP contribution in [0.5, 0.6) is 5.88 Å². The number of amides is 1. The Hall–Kier alpha value is -2.32. The molecule has 0 bridgehead atoms. The standard InChI is InChI=1S/C17H16ClF3N2O3/c1-23(16(24)14(25-2)11-6-4-3-5-7-11)10-26-15-13(18)8-12(9-22-15)17(19,20)21/h3-9,14H,10H2,1-2H3. The molecule has 2 rings (SSSR count). The number of rotatable bonds is 6. The Balaban J connectivity index is 2.04. The first-order valence-corrected chi connectivity index (χ1v) is 7.80. The molecule has 1 heterocycles. The minimum absolute atomic E-state index is 0.201. The summed E-state index contributed by atoms with van der Waals surface area (Å²) in [5.41, 5.74) is -0.319. The van der Waals surface area contributed by atoms with Crippen molar-refractivity contribution in [3.05, 3.63) is 58.7 Å². The smallest absolute Gasteiger partial charge is 0.417 e. The van der Waals surface area contributed by atoms with Crippen LogP contribution in [0.15, 0.2) is 42.6 Å². The third-order valence-corrected chi connectivity index (χ3v) is 3.74. The number of aromatic nitrogens is 1. The first-order valence-electron chi connectivity index (χ1n) is 7.42. The molecule has 0 saturated carbocycles. The van der Waals surface area contributed by atoms with Gasteiger partial charge in [0.25, 0.3) is 5.91 Å². The molecule has 0 spiro atoms. The van der Waals surface area contributed by atoms with Crippen molar-refractivity contribution in [2.45, 2.75) is 12.3 Å². The summed E-state index contributed by atoms with van der Waals surface area (Å²) in [7, 11) is 2.87. The number of ether oxygens (including phenoxy) is 2. The maximum absolute atomic E-state index is 12.6. The van der Waals surface area contributed by atoms with Crippen molar-refractivity contribution in [1.29, 1.82) is 0 Å². The highest BCUT2D eigenvalue weighted by molar-refractivity contribution is 6.31. The molecule has 2 aromatic rings. The molecule has 1 unspecified atom stereocenters. The average Bonchev–Trinajstić information content (AvgIpc) is 2.61. The van der Waals surface area contributed by atoms with E-state index in [1.54, 1.807) is 24.3 Å². The largest absolute Gasteiger partial charge is 0.455 e. The highest BCUT2D eigenvalue weighted by Gasteiger charge is 2.32. The van der Waals surface area contributed by atoms with Crippen molar-refractivity contribution >= 4 is 17.5 Å². The molecule has 0 aliphatic carbocycles. The molecule has 140 valence electrons. The summed E-state index contributed by atoms with van der Waals surface area (Å²) in [6, 6.07) is 9.57. The Labute approximate surface area is 153 Å². The van der Waals surface area contributed by atoms with E-state index in [9.17, 15) is 18.0 Å². The number of carbonyl (C=O) groups is 1. The van der Waals surface area contributed by atoms with Gasteiger partial charge < -0.3 is 14.4 Å². The summed E-state index contributed by atoms with van der Waals surface area (Å²) in [4.78, 5) is 17.3. The van der Waals surface area contributed by atoms with Gasteiger partial charge >= 0.3 is 6.18 Å². The Kier molecular flexibility index (Phi) is 6.44. The monoisotopic (exact) mass is 388 g/mol. The van der Waals surface area contributed by atoms with Gasteiger partial charge in [-0.15, -0.1) is 0 Å². The predicted molar refractivity (Wildman–Crippen MR) is 88.7 cm³/mol. The van der Waals surface area contributed by atoms with Gasteiger partial charge in [-0.25, -0.2) is 4.98 Å². The number of hydrogen-bond acceptors (Lipinski definition) is 4. The number of pyridine rings is 1. The van der Waals surface area contributed by atoms with Gasteiger partial charge in [0.1, 0.15) is 5.02 Å². The van der Waals surface area contributed by atoms with Crippen LogP contribution in [0, 0.1) is 0 Å². The lowest BCUT2D eigenvalue weighted by molar-refractivity contribution is -0.143. The highest BCUT2D eigenvalue weighted by atomic mass is 35.5. The molecule has 1 aromatic carbocycles. The summed E-state index contributed by atoms with van der Waals surface area (Å²) < 4.78 is 48.3. The SMILES string of the molecule is COC(C(=O)N(C)COc1ncc(C(F)(F)F)cc1Cl)c1ccccc1. The summed E-state index contributed by atoms with van der Waals surface area (Å²) in [6.07, 6.45) is -4.77. The zero-order chi connectivity index (χ0) is 19.3. The zero-order valence-corrected chi connectivity index (χ0v) is 14.7. The van der Waals surface area contributed by atoms with Gasteiger partial charge in [0.15, 0.2) is 12.8 Å². The summed E-state index contributed by atoms with van der Waals surface area (Å²) >= 11 is 5.77. The number of nitrogens with zero attached hydrogens (tertiary/aromatic N) is 2. The molecule has 1 amide bonds. The van der Waals surface area contributed by atoms with Gasteiger partial charge in [-0.2, -0.15) is 13.2 Å². The molecule has 0 fully saturated rings. The second-order valence-corrected chi connectivity index (χ2v) is 5.75. The molecule has 26 heavy (non-hydrogen) atoms. The van der Waals surface area contributed by atoms with Crippen molar-refractivity contribution in [2.75, 3.05) is 20.9 Å². The summed E-state index contributed by atoms with van der Waals surface area (Å²) in [6.45, 7) is -0.260. The fourth-order valence-corrected chi connectivity index (χ4v) is 2.34. The number of methoxy groups -OCH3 is 1. The van der Waals surface area contributed by atoms with E-state index >= 15 is 0 Å². The number of hydrogen-bond donors (Lipinski definition) is 0. The van der Waals surface area contributed by atoms with Gasteiger partial charge in [0.05, 0.1) is 5.56 Å². The Morgan fingerprint density at radius 1 is 1.31 bits per heavy atom. The lowest BCUT2D eigenvalue weighted by atomic mass is 10.1. The van der Waals surface area contributed by atoms with Crippen molar-refractivity contribution in [3.63, 3.8) is 0 Å². The molecule has 1 atom stereocenters. The van der Waals surface area contributed by atoms with Crippen LogP contribution in [0.1, 0.15) is 17.2 Å². The third-order valence-electron chi connectivity index (χ3n) is 3.47. The highest BCUT2D eigenvalue weighted by Crippen LogP contribution is 2.33. The first-order chi connectivity index (χ1) is 12.2. The van der Waals surface area contributed by atoms with Crippen molar-refractivity contribution in [2.24, 2.45) is 0 Å². The molecule has 0 aliphatic heterocycles. The molecule has 0 aliphatic rings. The van der Waals surface area contributed by atoms with E-state index in [1.807, 2.05) is 6.07 Å². The van der Waals surface area contributed by atoms with Crippen LogP contribution in [0.2, 0.25) is 5.02 Å². The lowest BCUT2D eigenvalue weighted by Crippen LogP contribution is -2.35. The third kappa shape index (κ3) is 4.86. The van der Waals surface area contributed by atoms with Gasteiger partial charge in [-0.1, -0.05) is 41.9 Å². The molecule has 0 N–H and O–H groups in total. The fourth-order valence-electron chi connectivity index (χ4n) is 2.12. The second-order valence-electron chi connectivity index (χ2n) is 5.34. The van der Waals surface area contributed by atoms with E-state index in [1.165, 1.54) is 19.1 Å². The van der Waals surface area contributed by atoms with Crippen LogP contribution in [0.4, 0.5) is 13.2 Å². The zero-order valence-electron chi connectivity index (χ0n) is 14.0.